The summed E-state index contributed by atoms with van der Waals surface area (Å²) in [6, 6.07) is 0. The molecule has 1 atom stereocenters. The first-order chi connectivity index (χ1) is 8.22. The van der Waals surface area contributed by atoms with Crippen LogP contribution in [0.25, 0.3) is 0 Å². The van der Waals surface area contributed by atoms with Gasteiger partial charge in [0.05, 0.1) is 0 Å². The van der Waals surface area contributed by atoms with Crippen LogP contribution in [0, 0.1) is 5.92 Å². The first kappa shape index (κ1) is 13.7. The van der Waals surface area contributed by atoms with E-state index < -0.39 is 0 Å². The molecule has 4 nitrogen and oxygen atoms in total. The van der Waals surface area contributed by atoms with E-state index in [-0.39, 0.29) is 0 Å². The molecule has 1 aromatic rings. The number of anilines is 2. The second-order valence-corrected chi connectivity index (χ2v) is 4.33. The van der Waals surface area contributed by atoms with Crippen molar-refractivity contribution in [2.75, 3.05) is 23.7 Å². The highest BCUT2D eigenvalue weighted by molar-refractivity contribution is 5.57. The molecule has 4 heteroatoms. The van der Waals surface area contributed by atoms with Crippen LogP contribution in [0.1, 0.15) is 39.7 Å². The topological polar surface area (TPSA) is 49.8 Å². The van der Waals surface area contributed by atoms with E-state index in [0.717, 1.165) is 31.1 Å². The van der Waals surface area contributed by atoms with E-state index in [1.54, 1.807) is 6.33 Å². The van der Waals surface area contributed by atoms with E-state index in [2.05, 4.69) is 48.3 Å². The lowest BCUT2D eigenvalue weighted by Crippen LogP contribution is -2.14. The van der Waals surface area contributed by atoms with Gasteiger partial charge in [-0.3, -0.25) is 0 Å². The fourth-order valence-electron chi connectivity index (χ4n) is 1.63. The summed E-state index contributed by atoms with van der Waals surface area (Å²) in [4.78, 5) is 8.62. The van der Waals surface area contributed by atoms with Gasteiger partial charge in [-0.25, -0.2) is 9.97 Å². The van der Waals surface area contributed by atoms with E-state index in [4.69, 9.17) is 0 Å². The second-order valence-electron chi connectivity index (χ2n) is 4.33. The van der Waals surface area contributed by atoms with Crippen molar-refractivity contribution in [3.8, 4) is 0 Å². The van der Waals surface area contributed by atoms with Crippen LogP contribution in [0.3, 0.4) is 0 Å². The lowest BCUT2D eigenvalue weighted by Gasteiger charge is -2.15. The van der Waals surface area contributed by atoms with E-state index >= 15 is 0 Å². The van der Waals surface area contributed by atoms with E-state index in [0.29, 0.717) is 5.92 Å². The minimum absolute atomic E-state index is 0.664. The molecule has 1 rings (SSSR count). The number of hydrogen-bond acceptors (Lipinski definition) is 4. The molecule has 0 fully saturated rings. The molecule has 0 aromatic carbocycles. The Bertz CT molecular complexity index is 338. The molecule has 0 saturated carbocycles. The summed E-state index contributed by atoms with van der Waals surface area (Å²) in [6.45, 7) is 10.5. The molecule has 1 unspecified atom stereocenters. The van der Waals surface area contributed by atoms with Crippen LogP contribution in [0.4, 0.5) is 11.6 Å². The number of aromatic nitrogens is 2. The van der Waals surface area contributed by atoms with E-state index in [1.165, 1.54) is 12.0 Å². The third kappa shape index (κ3) is 3.88. The van der Waals surface area contributed by atoms with Crippen LogP contribution in [-0.2, 0) is 6.42 Å². The number of rotatable bonds is 7. The molecule has 0 saturated heterocycles. The highest BCUT2D eigenvalue weighted by atomic mass is 15.1. The van der Waals surface area contributed by atoms with Gasteiger partial charge in [-0.1, -0.05) is 27.2 Å². The lowest BCUT2D eigenvalue weighted by atomic mass is 10.1. The second kappa shape index (κ2) is 7.09. The predicted octanol–water partition coefficient (Wildman–Crippen LogP) is 2.93. The summed E-state index contributed by atoms with van der Waals surface area (Å²) >= 11 is 0. The summed E-state index contributed by atoms with van der Waals surface area (Å²) in [7, 11) is 0. The van der Waals surface area contributed by atoms with Crippen molar-refractivity contribution in [3.05, 3.63) is 11.9 Å². The van der Waals surface area contributed by atoms with Gasteiger partial charge >= 0.3 is 0 Å². The van der Waals surface area contributed by atoms with Crippen LogP contribution >= 0.6 is 0 Å². The van der Waals surface area contributed by atoms with E-state index in [1.807, 2.05) is 0 Å². The molecule has 0 aliphatic rings. The normalized spacial score (nSPS) is 12.2. The first-order valence-electron chi connectivity index (χ1n) is 6.54. The zero-order valence-electron chi connectivity index (χ0n) is 11.4. The van der Waals surface area contributed by atoms with Gasteiger partial charge in [0.25, 0.3) is 0 Å². The molecular formula is C13H24N4. The molecule has 1 aromatic heterocycles. The SMILES string of the molecule is CCNc1ncnc(NCC(C)CC)c1CC. The maximum Gasteiger partial charge on any atom is 0.134 e. The molecule has 0 amide bonds. The minimum Gasteiger partial charge on any atom is -0.370 e. The average Bonchev–Trinajstić information content (AvgIpc) is 2.36. The molecule has 0 bridgehead atoms. The Morgan fingerprint density at radius 2 is 1.76 bits per heavy atom. The van der Waals surface area contributed by atoms with Gasteiger partial charge in [-0.15, -0.1) is 0 Å². The van der Waals surface area contributed by atoms with Gasteiger partial charge in [0.15, 0.2) is 0 Å². The van der Waals surface area contributed by atoms with Crippen LogP contribution in [0.5, 0.6) is 0 Å². The molecule has 0 aliphatic heterocycles. The zero-order chi connectivity index (χ0) is 12.7. The lowest BCUT2D eigenvalue weighted by molar-refractivity contribution is 0.592. The first-order valence-corrected chi connectivity index (χ1v) is 6.54. The van der Waals surface area contributed by atoms with Crippen molar-refractivity contribution in [1.82, 2.24) is 9.97 Å². The van der Waals surface area contributed by atoms with Crippen molar-refractivity contribution < 1.29 is 0 Å². The summed E-state index contributed by atoms with van der Waals surface area (Å²) in [6.07, 6.45) is 3.74. The summed E-state index contributed by atoms with van der Waals surface area (Å²) < 4.78 is 0. The minimum atomic E-state index is 0.664. The molecule has 2 N–H and O–H groups in total. The Morgan fingerprint density at radius 1 is 1.12 bits per heavy atom. The van der Waals surface area contributed by atoms with Gasteiger partial charge in [0, 0.05) is 18.7 Å². The Hall–Kier alpha value is -1.32. The summed E-state index contributed by atoms with van der Waals surface area (Å²) in [5.41, 5.74) is 1.18. The molecule has 1 heterocycles. The third-order valence-electron chi connectivity index (χ3n) is 2.96. The summed E-state index contributed by atoms with van der Waals surface area (Å²) in [5, 5.41) is 6.70. The molecular weight excluding hydrogens is 212 g/mol. The largest absolute Gasteiger partial charge is 0.370 e. The van der Waals surface area contributed by atoms with Gasteiger partial charge in [0.2, 0.25) is 0 Å². The molecule has 17 heavy (non-hydrogen) atoms. The van der Waals surface area contributed by atoms with Crippen molar-refractivity contribution in [2.24, 2.45) is 5.92 Å². The third-order valence-corrected chi connectivity index (χ3v) is 2.96. The fraction of sp³-hybridized carbons (Fsp3) is 0.692. The van der Waals surface area contributed by atoms with Gasteiger partial charge in [-0.05, 0) is 19.3 Å². The van der Waals surface area contributed by atoms with Gasteiger partial charge in [-0.2, -0.15) is 0 Å². The average molecular weight is 236 g/mol. The maximum atomic E-state index is 4.34. The predicted molar refractivity (Wildman–Crippen MR) is 73.5 cm³/mol. The zero-order valence-corrected chi connectivity index (χ0v) is 11.4. The van der Waals surface area contributed by atoms with Gasteiger partial charge in [0.1, 0.15) is 18.0 Å². The van der Waals surface area contributed by atoms with E-state index in [9.17, 15) is 0 Å². The number of hydrogen-bond donors (Lipinski definition) is 2. The molecule has 0 radical (unpaired) electrons. The quantitative estimate of drug-likeness (QED) is 0.764. The van der Waals surface area contributed by atoms with Crippen molar-refractivity contribution in [2.45, 2.75) is 40.5 Å². The van der Waals surface area contributed by atoms with Crippen LogP contribution in [0.15, 0.2) is 6.33 Å². The smallest absolute Gasteiger partial charge is 0.134 e. The molecule has 0 spiro atoms. The molecule has 0 aliphatic carbocycles. The van der Waals surface area contributed by atoms with Crippen molar-refractivity contribution >= 4 is 11.6 Å². The maximum absolute atomic E-state index is 4.34. The van der Waals surface area contributed by atoms with Crippen molar-refractivity contribution in [1.29, 1.82) is 0 Å². The Kier molecular flexibility index (Phi) is 5.73. The highest BCUT2D eigenvalue weighted by Crippen LogP contribution is 2.20. The van der Waals surface area contributed by atoms with Crippen LogP contribution < -0.4 is 10.6 Å². The van der Waals surface area contributed by atoms with Crippen molar-refractivity contribution in [3.63, 3.8) is 0 Å². The van der Waals surface area contributed by atoms with Crippen LogP contribution in [0.2, 0.25) is 0 Å². The standard InChI is InChI=1S/C13H24N4/c1-5-10(4)8-15-13-11(6-2)12(14-7-3)16-9-17-13/h9-10H,5-8H2,1-4H3,(H2,14,15,16,17). The number of nitrogens with zero attached hydrogens (tertiary/aromatic N) is 2. The Labute approximate surface area is 104 Å². The Balaban J connectivity index is 2.79. The van der Waals surface area contributed by atoms with Crippen LogP contribution in [-0.4, -0.2) is 23.1 Å². The number of nitrogens with one attached hydrogen (secondary N) is 2. The highest BCUT2D eigenvalue weighted by Gasteiger charge is 2.09. The monoisotopic (exact) mass is 236 g/mol. The Morgan fingerprint density at radius 3 is 2.29 bits per heavy atom. The fourth-order valence-corrected chi connectivity index (χ4v) is 1.63. The molecule has 96 valence electrons. The van der Waals surface area contributed by atoms with Gasteiger partial charge < -0.3 is 10.6 Å². The summed E-state index contributed by atoms with van der Waals surface area (Å²) in [5.74, 6) is 2.59.